The molecular formula is C13H11BrF2O3. The zero-order valence-corrected chi connectivity index (χ0v) is 11.7. The Morgan fingerprint density at radius 2 is 2.16 bits per heavy atom. The lowest BCUT2D eigenvalue weighted by atomic mass is 9.70. The molecule has 0 heterocycles. The van der Waals surface area contributed by atoms with Crippen LogP contribution in [-0.2, 0) is 16.0 Å². The standard InChI is InChI=1S/C13H11BrF2O3/c1-19-12(18)13(11(15)16)5-4-7-6-8(14)2-3-9(7)10(13)17/h2-3,6,11H,4-5H2,1H3. The normalized spacial score (nSPS) is 22.3. The Labute approximate surface area is 117 Å². The first-order valence-corrected chi connectivity index (χ1v) is 6.42. The Hall–Kier alpha value is -1.30. The fourth-order valence-electron chi connectivity index (χ4n) is 2.35. The molecule has 0 radical (unpaired) electrons. The predicted octanol–water partition coefficient (Wildman–Crippen LogP) is 3.00. The van der Waals surface area contributed by atoms with Gasteiger partial charge in [-0.1, -0.05) is 15.9 Å². The molecule has 0 amide bonds. The SMILES string of the molecule is COC(=O)C1(C(F)F)CCc2cc(Br)ccc2C1=O. The minimum Gasteiger partial charge on any atom is -0.468 e. The summed E-state index contributed by atoms with van der Waals surface area (Å²) in [5.41, 5.74) is -1.53. The number of methoxy groups -OCH3 is 1. The number of hydrogen-bond donors (Lipinski definition) is 0. The van der Waals surface area contributed by atoms with E-state index in [9.17, 15) is 18.4 Å². The minimum absolute atomic E-state index is 0.167. The predicted molar refractivity (Wildman–Crippen MR) is 67.2 cm³/mol. The van der Waals surface area contributed by atoms with Gasteiger partial charge in [-0.05, 0) is 36.6 Å². The third-order valence-electron chi connectivity index (χ3n) is 3.43. The number of alkyl halides is 2. The van der Waals surface area contributed by atoms with Crippen molar-refractivity contribution in [3.63, 3.8) is 0 Å². The fraction of sp³-hybridized carbons (Fsp3) is 0.385. The number of ketones is 1. The highest BCUT2D eigenvalue weighted by Gasteiger charge is 2.56. The van der Waals surface area contributed by atoms with E-state index in [2.05, 4.69) is 20.7 Å². The first-order chi connectivity index (χ1) is 8.93. The maximum atomic E-state index is 13.3. The molecule has 3 nitrogen and oxygen atoms in total. The number of aryl methyl sites for hydroxylation is 1. The Kier molecular flexibility index (Phi) is 3.71. The van der Waals surface area contributed by atoms with Gasteiger partial charge >= 0.3 is 5.97 Å². The first kappa shape index (κ1) is 14.1. The highest BCUT2D eigenvalue weighted by Crippen LogP contribution is 2.42. The van der Waals surface area contributed by atoms with Crippen LogP contribution in [0.25, 0.3) is 0 Å². The highest BCUT2D eigenvalue weighted by atomic mass is 79.9. The Morgan fingerprint density at radius 1 is 1.47 bits per heavy atom. The minimum atomic E-state index is -3.08. The molecule has 1 aromatic carbocycles. The van der Waals surface area contributed by atoms with E-state index in [1.165, 1.54) is 6.07 Å². The molecule has 102 valence electrons. The van der Waals surface area contributed by atoms with Crippen molar-refractivity contribution in [2.75, 3.05) is 7.11 Å². The molecule has 0 saturated heterocycles. The molecule has 0 spiro atoms. The number of hydrogen-bond acceptors (Lipinski definition) is 3. The van der Waals surface area contributed by atoms with Crippen LogP contribution in [0.5, 0.6) is 0 Å². The summed E-state index contributed by atoms with van der Waals surface area (Å²) in [7, 11) is 1.01. The number of halogens is 3. The molecule has 19 heavy (non-hydrogen) atoms. The monoisotopic (exact) mass is 332 g/mol. The number of Topliss-reactive ketones (excluding diaryl/α,β-unsaturated/α-hetero) is 1. The number of ether oxygens (including phenoxy) is 1. The third-order valence-corrected chi connectivity index (χ3v) is 3.92. The van der Waals surface area contributed by atoms with Crippen molar-refractivity contribution >= 4 is 27.7 Å². The van der Waals surface area contributed by atoms with Gasteiger partial charge < -0.3 is 4.74 Å². The van der Waals surface area contributed by atoms with E-state index in [1.54, 1.807) is 12.1 Å². The van der Waals surface area contributed by atoms with Gasteiger partial charge in [0.1, 0.15) is 0 Å². The van der Waals surface area contributed by atoms with E-state index in [0.717, 1.165) is 11.6 Å². The molecule has 1 aromatic rings. The molecule has 1 aliphatic carbocycles. The highest BCUT2D eigenvalue weighted by molar-refractivity contribution is 9.10. The lowest BCUT2D eigenvalue weighted by Gasteiger charge is -2.33. The molecule has 1 unspecified atom stereocenters. The number of fused-ring (bicyclic) bond motifs is 1. The molecule has 2 rings (SSSR count). The van der Waals surface area contributed by atoms with Crippen LogP contribution in [0, 0.1) is 5.41 Å². The number of rotatable bonds is 2. The van der Waals surface area contributed by atoms with E-state index in [4.69, 9.17) is 0 Å². The average molecular weight is 333 g/mol. The Morgan fingerprint density at radius 3 is 2.74 bits per heavy atom. The summed E-state index contributed by atoms with van der Waals surface area (Å²) in [4.78, 5) is 24.0. The summed E-state index contributed by atoms with van der Waals surface area (Å²) < 4.78 is 31.8. The summed E-state index contributed by atoms with van der Waals surface area (Å²) in [6.45, 7) is 0. The molecular weight excluding hydrogens is 322 g/mol. The molecule has 0 fully saturated rings. The van der Waals surface area contributed by atoms with Gasteiger partial charge in [0, 0.05) is 10.0 Å². The van der Waals surface area contributed by atoms with Gasteiger partial charge in [-0.3, -0.25) is 9.59 Å². The van der Waals surface area contributed by atoms with Crippen molar-refractivity contribution in [1.82, 2.24) is 0 Å². The second-order valence-corrected chi connectivity index (χ2v) is 5.31. The largest absolute Gasteiger partial charge is 0.468 e. The summed E-state index contributed by atoms with van der Waals surface area (Å²) in [6, 6.07) is 4.76. The molecule has 0 bridgehead atoms. The van der Waals surface area contributed by atoms with Crippen LogP contribution < -0.4 is 0 Å². The second kappa shape index (κ2) is 5.00. The first-order valence-electron chi connectivity index (χ1n) is 5.63. The fourth-order valence-corrected chi connectivity index (χ4v) is 2.76. The maximum absolute atomic E-state index is 13.3. The summed E-state index contributed by atoms with van der Waals surface area (Å²) in [5, 5.41) is 0. The van der Waals surface area contributed by atoms with E-state index in [-0.39, 0.29) is 18.4 Å². The topological polar surface area (TPSA) is 43.4 Å². The van der Waals surface area contributed by atoms with Crippen LogP contribution in [0.2, 0.25) is 0 Å². The van der Waals surface area contributed by atoms with Gasteiger partial charge in [0.2, 0.25) is 0 Å². The van der Waals surface area contributed by atoms with Gasteiger partial charge in [-0.2, -0.15) is 0 Å². The van der Waals surface area contributed by atoms with Crippen molar-refractivity contribution in [2.45, 2.75) is 19.3 Å². The number of carbonyl (C=O) groups is 2. The number of esters is 1. The van der Waals surface area contributed by atoms with Crippen molar-refractivity contribution in [1.29, 1.82) is 0 Å². The Bertz CT molecular complexity index is 545. The summed E-state index contributed by atoms with van der Waals surface area (Å²) in [6.07, 6.45) is -3.08. The van der Waals surface area contributed by atoms with E-state index in [1.807, 2.05) is 0 Å². The number of benzene rings is 1. The van der Waals surface area contributed by atoms with Gasteiger partial charge in [-0.25, -0.2) is 8.78 Å². The van der Waals surface area contributed by atoms with Gasteiger partial charge in [0.15, 0.2) is 11.2 Å². The van der Waals surface area contributed by atoms with Crippen LogP contribution in [-0.4, -0.2) is 25.3 Å². The molecule has 6 heteroatoms. The Balaban J connectivity index is 2.55. The van der Waals surface area contributed by atoms with Crippen molar-refractivity contribution in [3.8, 4) is 0 Å². The molecule has 0 saturated carbocycles. The van der Waals surface area contributed by atoms with Gasteiger partial charge in [0.05, 0.1) is 7.11 Å². The summed E-state index contributed by atoms with van der Waals surface area (Å²) >= 11 is 3.26. The quantitative estimate of drug-likeness (QED) is 0.617. The maximum Gasteiger partial charge on any atom is 0.325 e. The van der Waals surface area contributed by atoms with Crippen molar-refractivity contribution in [3.05, 3.63) is 33.8 Å². The second-order valence-electron chi connectivity index (χ2n) is 4.39. The van der Waals surface area contributed by atoms with Crippen molar-refractivity contribution in [2.24, 2.45) is 5.41 Å². The van der Waals surface area contributed by atoms with Crippen LogP contribution in [0.4, 0.5) is 8.78 Å². The van der Waals surface area contributed by atoms with E-state index in [0.29, 0.717) is 5.56 Å². The molecule has 0 aliphatic heterocycles. The van der Waals surface area contributed by atoms with Crippen LogP contribution in [0.15, 0.2) is 22.7 Å². The number of carbonyl (C=O) groups excluding carboxylic acids is 2. The smallest absolute Gasteiger partial charge is 0.325 e. The average Bonchev–Trinajstić information content (AvgIpc) is 2.38. The molecule has 0 N–H and O–H groups in total. The van der Waals surface area contributed by atoms with Crippen molar-refractivity contribution < 1.29 is 23.1 Å². The van der Waals surface area contributed by atoms with Gasteiger partial charge in [-0.15, -0.1) is 0 Å². The van der Waals surface area contributed by atoms with Crippen LogP contribution in [0.3, 0.4) is 0 Å². The summed E-state index contributed by atoms with van der Waals surface area (Å²) in [5.74, 6) is -2.02. The lowest BCUT2D eigenvalue weighted by molar-refractivity contribution is -0.158. The van der Waals surface area contributed by atoms with E-state index < -0.39 is 23.6 Å². The zero-order chi connectivity index (χ0) is 14.2. The third kappa shape index (κ3) is 2.08. The molecule has 1 atom stereocenters. The zero-order valence-electron chi connectivity index (χ0n) is 10.1. The van der Waals surface area contributed by atoms with E-state index >= 15 is 0 Å². The molecule has 0 aromatic heterocycles. The van der Waals surface area contributed by atoms with Crippen LogP contribution in [0.1, 0.15) is 22.3 Å². The van der Waals surface area contributed by atoms with Crippen LogP contribution >= 0.6 is 15.9 Å². The lowest BCUT2D eigenvalue weighted by Crippen LogP contribution is -2.49. The molecule has 1 aliphatic rings. The van der Waals surface area contributed by atoms with Gasteiger partial charge in [0.25, 0.3) is 6.43 Å².